The highest BCUT2D eigenvalue weighted by Crippen LogP contribution is 2.11. The second-order valence-electron chi connectivity index (χ2n) is 4.23. The molecule has 0 bridgehead atoms. The minimum absolute atomic E-state index is 0.0913. The van der Waals surface area contributed by atoms with Gasteiger partial charge < -0.3 is 0 Å². The zero-order valence-corrected chi connectivity index (χ0v) is 11.6. The van der Waals surface area contributed by atoms with E-state index >= 15 is 0 Å². The van der Waals surface area contributed by atoms with Gasteiger partial charge in [0.15, 0.2) is 0 Å². The van der Waals surface area contributed by atoms with Crippen molar-refractivity contribution in [3.05, 3.63) is 53.3 Å². The molecule has 1 heterocycles. The van der Waals surface area contributed by atoms with E-state index in [0.29, 0.717) is 12.4 Å². The molecule has 20 heavy (non-hydrogen) atoms. The van der Waals surface area contributed by atoms with Gasteiger partial charge in [0.1, 0.15) is 0 Å². The van der Waals surface area contributed by atoms with Crippen molar-refractivity contribution in [2.45, 2.75) is 19.3 Å². The molecule has 2 aromatic rings. The molecule has 0 unspecified atom stereocenters. The third-order valence-corrected chi connectivity index (χ3v) is 2.91. The van der Waals surface area contributed by atoms with Gasteiger partial charge in [-0.25, -0.2) is 9.97 Å². The molecule has 0 atom stereocenters. The summed E-state index contributed by atoms with van der Waals surface area (Å²) in [5.41, 5.74) is 6.39. The van der Waals surface area contributed by atoms with E-state index in [4.69, 9.17) is 11.6 Å². The first kappa shape index (κ1) is 14.3. The van der Waals surface area contributed by atoms with E-state index in [0.717, 1.165) is 17.9 Å². The van der Waals surface area contributed by atoms with E-state index in [1.165, 1.54) is 5.56 Å². The normalized spacial score (nSPS) is 10.1. The number of carbonyl (C=O) groups excluding carboxylic acids is 1. The van der Waals surface area contributed by atoms with Gasteiger partial charge in [-0.2, -0.15) is 0 Å². The van der Waals surface area contributed by atoms with Gasteiger partial charge in [-0.1, -0.05) is 23.7 Å². The number of aromatic nitrogens is 2. The first-order chi connectivity index (χ1) is 9.74. The molecule has 5 nitrogen and oxygen atoms in total. The highest BCUT2D eigenvalue weighted by atomic mass is 35.5. The van der Waals surface area contributed by atoms with Crippen LogP contribution in [0.15, 0.2) is 42.7 Å². The van der Waals surface area contributed by atoms with Crippen molar-refractivity contribution in [1.29, 1.82) is 0 Å². The smallest absolute Gasteiger partial charge is 0.241 e. The van der Waals surface area contributed by atoms with Crippen molar-refractivity contribution in [3.63, 3.8) is 0 Å². The molecule has 0 aliphatic heterocycles. The molecule has 0 aliphatic carbocycles. The standard InChI is InChI=1S/C14H15ClN4O/c15-12-7-5-11(6-8-12)3-1-4-13(20)18-19-14-16-9-2-10-17-14/h2,5-10H,1,3-4H2,(H,18,20)(H,16,17,19). The Labute approximate surface area is 122 Å². The fraction of sp³-hybridized carbons (Fsp3) is 0.214. The van der Waals surface area contributed by atoms with E-state index < -0.39 is 0 Å². The van der Waals surface area contributed by atoms with Crippen LogP contribution in [0.5, 0.6) is 0 Å². The lowest BCUT2D eigenvalue weighted by molar-refractivity contribution is -0.120. The lowest BCUT2D eigenvalue weighted by Crippen LogP contribution is -2.30. The van der Waals surface area contributed by atoms with Gasteiger partial charge >= 0.3 is 0 Å². The SMILES string of the molecule is O=C(CCCc1ccc(Cl)cc1)NNc1ncccn1. The summed E-state index contributed by atoms with van der Waals surface area (Å²) in [4.78, 5) is 19.5. The van der Waals surface area contributed by atoms with Gasteiger partial charge in [0.05, 0.1) is 0 Å². The summed E-state index contributed by atoms with van der Waals surface area (Å²) >= 11 is 5.81. The average molecular weight is 291 g/mol. The number of hydrazine groups is 1. The highest BCUT2D eigenvalue weighted by Gasteiger charge is 2.02. The monoisotopic (exact) mass is 290 g/mol. The summed E-state index contributed by atoms with van der Waals surface area (Å²) in [6, 6.07) is 9.35. The maximum atomic E-state index is 11.6. The van der Waals surface area contributed by atoms with Crippen LogP contribution in [0.2, 0.25) is 5.02 Å². The zero-order valence-electron chi connectivity index (χ0n) is 10.8. The molecule has 0 saturated heterocycles. The number of carbonyl (C=O) groups is 1. The summed E-state index contributed by atoms with van der Waals surface area (Å²) in [7, 11) is 0. The molecule has 104 valence electrons. The quantitative estimate of drug-likeness (QED) is 0.803. The summed E-state index contributed by atoms with van der Waals surface area (Å²) < 4.78 is 0. The molecular formula is C14H15ClN4O. The molecule has 1 aromatic carbocycles. The van der Waals surface area contributed by atoms with Crippen LogP contribution < -0.4 is 10.9 Å². The Morgan fingerprint density at radius 2 is 1.85 bits per heavy atom. The minimum Gasteiger partial charge on any atom is -0.273 e. The summed E-state index contributed by atoms with van der Waals surface area (Å²) in [5, 5.41) is 0.721. The largest absolute Gasteiger partial charge is 0.273 e. The molecule has 0 saturated carbocycles. The topological polar surface area (TPSA) is 66.9 Å². The first-order valence-corrected chi connectivity index (χ1v) is 6.68. The van der Waals surface area contributed by atoms with Crippen molar-refractivity contribution < 1.29 is 4.79 Å². The van der Waals surface area contributed by atoms with E-state index in [1.807, 2.05) is 24.3 Å². The number of hydrogen-bond acceptors (Lipinski definition) is 4. The van der Waals surface area contributed by atoms with Gasteiger partial charge in [0, 0.05) is 23.8 Å². The summed E-state index contributed by atoms with van der Waals surface area (Å²) in [6.07, 6.45) is 5.24. The van der Waals surface area contributed by atoms with Gasteiger partial charge in [-0.15, -0.1) is 0 Å². The Morgan fingerprint density at radius 1 is 1.15 bits per heavy atom. The van der Waals surface area contributed by atoms with E-state index in [1.54, 1.807) is 18.5 Å². The Morgan fingerprint density at radius 3 is 2.55 bits per heavy atom. The maximum absolute atomic E-state index is 11.6. The average Bonchev–Trinajstić information content (AvgIpc) is 2.48. The second kappa shape index (κ2) is 7.45. The molecule has 6 heteroatoms. The lowest BCUT2D eigenvalue weighted by Gasteiger charge is -2.06. The van der Waals surface area contributed by atoms with Crippen LogP contribution in [0.1, 0.15) is 18.4 Å². The number of hydrogen-bond donors (Lipinski definition) is 2. The number of halogens is 1. The van der Waals surface area contributed by atoms with E-state index in [-0.39, 0.29) is 5.91 Å². The van der Waals surface area contributed by atoms with Gasteiger partial charge in [-0.3, -0.25) is 15.6 Å². The minimum atomic E-state index is -0.0913. The maximum Gasteiger partial charge on any atom is 0.241 e. The lowest BCUT2D eigenvalue weighted by atomic mass is 10.1. The predicted octanol–water partition coefficient (Wildman–Crippen LogP) is 2.60. The number of rotatable bonds is 6. The summed E-state index contributed by atoms with van der Waals surface area (Å²) in [5.74, 6) is 0.282. The number of nitrogens with zero attached hydrogens (tertiary/aromatic N) is 2. The van der Waals surface area contributed by atoms with Crippen LogP contribution in [0.3, 0.4) is 0 Å². The van der Waals surface area contributed by atoms with Crippen molar-refractivity contribution in [2.24, 2.45) is 0 Å². The van der Waals surface area contributed by atoms with Crippen LogP contribution in [0.4, 0.5) is 5.95 Å². The molecule has 1 aromatic heterocycles. The fourth-order valence-electron chi connectivity index (χ4n) is 1.66. The van der Waals surface area contributed by atoms with Gasteiger partial charge in [-0.05, 0) is 36.6 Å². The Kier molecular flexibility index (Phi) is 5.32. The van der Waals surface area contributed by atoms with Crippen molar-refractivity contribution >= 4 is 23.5 Å². The van der Waals surface area contributed by atoms with Gasteiger partial charge in [0.25, 0.3) is 0 Å². The molecule has 0 spiro atoms. The number of nitrogens with one attached hydrogen (secondary N) is 2. The predicted molar refractivity (Wildman–Crippen MR) is 78.2 cm³/mol. The third kappa shape index (κ3) is 4.85. The second-order valence-corrected chi connectivity index (χ2v) is 4.66. The van der Waals surface area contributed by atoms with E-state index in [2.05, 4.69) is 20.8 Å². The molecule has 1 amide bonds. The summed E-state index contributed by atoms with van der Waals surface area (Å²) in [6.45, 7) is 0. The number of amides is 1. The van der Waals surface area contributed by atoms with Crippen molar-refractivity contribution in [2.75, 3.05) is 5.43 Å². The van der Waals surface area contributed by atoms with Gasteiger partial charge in [0.2, 0.25) is 11.9 Å². The van der Waals surface area contributed by atoms with Crippen LogP contribution >= 0.6 is 11.6 Å². The van der Waals surface area contributed by atoms with E-state index in [9.17, 15) is 4.79 Å². The van der Waals surface area contributed by atoms with Crippen LogP contribution in [0.25, 0.3) is 0 Å². The van der Waals surface area contributed by atoms with Crippen molar-refractivity contribution in [3.8, 4) is 0 Å². The molecule has 2 N–H and O–H groups in total. The molecule has 0 fully saturated rings. The third-order valence-electron chi connectivity index (χ3n) is 2.66. The Bertz CT molecular complexity index is 545. The molecule has 2 rings (SSSR count). The molecule has 0 radical (unpaired) electrons. The Hall–Kier alpha value is -2.14. The zero-order chi connectivity index (χ0) is 14.2. The van der Waals surface area contributed by atoms with Crippen LogP contribution in [-0.2, 0) is 11.2 Å². The molecule has 0 aliphatic rings. The highest BCUT2D eigenvalue weighted by molar-refractivity contribution is 6.30. The van der Waals surface area contributed by atoms with Crippen LogP contribution in [0, 0.1) is 0 Å². The van der Waals surface area contributed by atoms with Crippen molar-refractivity contribution in [1.82, 2.24) is 15.4 Å². The fourth-order valence-corrected chi connectivity index (χ4v) is 1.78. The Balaban J connectivity index is 1.66. The molecular weight excluding hydrogens is 276 g/mol. The number of benzene rings is 1. The first-order valence-electron chi connectivity index (χ1n) is 6.30. The number of anilines is 1. The number of aryl methyl sites for hydroxylation is 1. The van der Waals surface area contributed by atoms with Crippen LogP contribution in [-0.4, -0.2) is 15.9 Å².